The van der Waals surface area contributed by atoms with Gasteiger partial charge in [-0.1, -0.05) is 41.0 Å². The monoisotopic (exact) mass is 320 g/mol. The van der Waals surface area contributed by atoms with Crippen LogP contribution in [-0.2, 0) is 0 Å². The van der Waals surface area contributed by atoms with Crippen molar-refractivity contribution in [2.75, 3.05) is 0 Å². The predicted molar refractivity (Wildman–Crippen MR) is 106 cm³/mol. The van der Waals surface area contributed by atoms with Crippen LogP contribution in [-0.4, -0.2) is 10.3 Å². The molecule has 0 radical (unpaired) electrons. The second kappa shape index (κ2) is 6.27. The maximum absolute atomic E-state index is 4.89. The van der Waals surface area contributed by atoms with Gasteiger partial charge in [-0.2, -0.15) is 6.66 Å². The molecule has 0 saturated carbocycles. The molecule has 22 heavy (non-hydrogen) atoms. The van der Waals surface area contributed by atoms with Gasteiger partial charge >= 0.3 is 0 Å². The van der Waals surface area contributed by atoms with Gasteiger partial charge in [-0.3, -0.25) is 0 Å². The molecule has 0 N–H and O–H groups in total. The lowest BCUT2D eigenvalue weighted by Gasteiger charge is -2.51. The van der Waals surface area contributed by atoms with E-state index in [1.165, 1.54) is 16.4 Å². The highest BCUT2D eigenvalue weighted by Crippen LogP contribution is 2.74. The zero-order valence-electron chi connectivity index (χ0n) is 16.5. The molecule has 0 fully saturated rings. The Bertz CT molecular complexity index is 469. The summed E-state index contributed by atoms with van der Waals surface area (Å²) in [6.45, 7) is 28.3. The third-order valence-corrected chi connectivity index (χ3v) is 10.7. The van der Waals surface area contributed by atoms with Crippen molar-refractivity contribution in [2.24, 2.45) is 0 Å². The second-order valence-corrected chi connectivity index (χ2v) is 14.1. The van der Waals surface area contributed by atoms with Crippen LogP contribution in [0, 0.1) is 6.66 Å². The van der Waals surface area contributed by atoms with Crippen molar-refractivity contribution in [3.05, 3.63) is 36.0 Å². The van der Waals surface area contributed by atoms with Gasteiger partial charge < -0.3 is 0 Å². The van der Waals surface area contributed by atoms with E-state index in [4.69, 9.17) is 6.66 Å². The summed E-state index contributed by atoms with van der Waals surface area (Å²) in [5.74, 6) is 1.12. The molecular weight excluding hydrogens is 283 g/mol. The standard InChI is InChI=1S/C21H37P/c1-15(2)17-12-18(16(3)4)14-19(13-17)22(11,20(5,6)7)21(8,9)10/h12-16H,11H2,1-10H3. The first-order valence-electron chi connectivity index (χ1n) is 8.61. The van der Waals surface area contributed by atoms with Gasteiger partial charge in [0, 0.05) is 0 Å². The Morgan fingerprint density at radius 1 is 0.727 bits per heavy atom. The van der Waals surface area contributed by atoms with Gasteiger partial charge in [-0.25, -0.2) is 0 Å². The fraction of sp³-hybridized carbons (Fsp3) is 0.667. The number of benzene rings is 1. The lowest BCUT2D eigenvalue weighted by molar-refractivity contribution is 0.702. The van der Waals surface area contributed by atoms with Crippen LogP contribution in [0.1, 0.15) is 92.2 Å². The summed E-state index contributed by atoms with van der Waals surface area (Å²) in [5, 5.41) is 1.91. The van der Waals surface area contributed by atoms with Gasteiger partial charge in [0.05, 0.1) is 15.6 Å². The molecule has 0 amide bonds. The lowest BCUT2D eigenvalue weighted by atomic mass is 9.96. The molecule has 0 heterocycles. The van der Waals surface area contributed by atoms with Crippen LogP contribution in [0.2, 0.25) is 0 Å². The van der Waals surface area contributed by atoms with Crippen LogP contribution in [0.15, 0.2) is 18.2 Å². The van der Waals surface area contributed by atoms with Crippen LogP contribution in [0.5, 0.6) is 0 Å². The van der Waals surface area contributed by atoms with Gasteiger partial charge in [0.15, 0.2) is 0 Å². The SMILES string of the molecule is [CH2-][P+](c1cc(C(C)C)cc(C(C)C)c1)(C(C)(C)C)C(C)(C)C. The van der Waals surface area contributed by atoms with Gasteiger partial charge in [-0.15, -0.1) is 0 Å². The van der Waals surface area contributed by atoms with E-state index in [9.17, 15) is 0 Å². The molecule has 0 atom stereocenters. The summed E-state index contributed by atoms with van der Waals surface area (Å²) in [4.78, 5) is 0. The second-order valence-electron chi connectivity index (χ2n) is 9.32. The normalized spacial score (nSPS) is 14.0. The minimum absolute atomic E-state index is 0.203. The fourth-order valence-corrected chi connectivity index (χ4v) is 7.63. The summed E-state index contributed by atoms with van der Waals surface area (Å²) in [5.41, 5.74) is 2.92. The van der Waals surface area contributed by atoms with E-state index in [1.54, 1.807) is 0 Å². The zero-order valence-corrected chi connectivity index (χ0v) is 17.4. The van der Waals surface area contributed by atoms with Crippen LogP contribution in [0.4, 0.5) is 0 Å². The summed E-state index contributed by atoms with van der Waals surface area (Å²) in [6.07, 6.45) is 0. The van der Waals surface area contributed by atoms with Crippen molar-refractivity contribution in [3.63, 3.8) is 0 Å². The minimum Gasteiger partial charge on any atom is -0.174 e. The first-order valence-corrected chi connectivity index (χ1v) is 10.6. The van der Waals surface area contributed by atoms with Crippen LogP contribution in [0.25, 0.3) is 0 Å². The van der Waals surface area contributed by atoms with Crippen molar-refractivity contribution in [1.29, 1.82) is 0 Å². The maximum atomic E-state index is 4.89. The highest BCUT2D eigenvalue weighted by Gasteiger charge is 2.49. The molecule has 0 saturated heterocycles. The van der Waals surface area contributed by atoms with E-state index in [1.807, 2.05) is 0 Å². The van der Waals surface area contributed by atoms with E-state index in [0.717, 1.165) is 0 Å². The molecule has 0 spiro atoms. The summed E-state index contributed by atoms with van der Waals surface area (Å²) in [6, 6.07) is 7.30. The Labute approximate surface area is 140 Å². The molecule has 0 aliphatic heterocycles. The summed E-state index contributed by atoms with van der Waals surface area (Å²) in [7, 11) is -1.57. The first-order chi connectivity index (χ1) is 9.71. The topological polar surface area (TPSA) is 0 Å². The Hall–Kier alpha value is -0.350. The van der Waals surface area contributed by atoms with Crippen molar-refractivity contribution in [1.82, 2.24) is 0 Å². The van der Waals surface area contributed by atoms with Gasteiger partial charge in [0.1, 0.15) is 0 Å². The molecule has 126 valence electrons. The molecule has 0 bridgehead atoms. The van der Waals surface area contributed by atoms with Crippen molar-refractivity contribution < 1.29 is 0 Å². The summed E-state index contributed by atoms with van der Waals surface area (Å²) >= 11 is 0. The summed E-state index contributed by atoms with van der Waals surface area (Å²) < 4.78 is 0. The molecule has 1 heteroatoms. The zero-order chi connectivity index (χ0) is 17.5. The molecular formula is C21H37P. The molecule has 0 aromatic heterocycles. The smallest absolute Gasteiger partial charge is 0.0662 e. The third-order valence-electron chi connectivity index (χ3n) is 5.03. The van der Waals surface area contributed by atoms with E-state index in [0.29, 0.717) is 11.8 Å². The Kier molecular flexibility index (Phi) is 5.62. The number of hydrogen-bond acceptors (Lipinski definition) is 0. The number of hydrogen-bond donors (Lipinski definition) is 0. The maximum Gasteiger partial charge on any atom is 0.0662 e. The average Bonchev–Trinajstić information content (AvgIpc) is 2.34. The van der Waals surface area contributed by atoms with Crippen LogP contribution >= 0.6 is 7.26 Å². The molecule has 0 unspecified atom stereocenters. The van der Waals surface area contributed by atoms with E-state index in [-0.39, 0.29) is 10.3 Å². The Morgan fingerprint density at radius 2 is 1.05 bits per heavy atom. The van der Waals surface area contributed by atoms with E-state index < -0.39 is 7.26 Å². The van der Waals surface area contributed by atoms with E-state index >= 15 is 0 Å². The molecule has 0 aliphatic carbocycles. The van der Waals surface area contributed by atoms with Crippen molar-refractivity contribution in [3.8, 4) is 0 Å². The number of rotatable bonds is 3. The Balaban J connectivity index is 3.70. The van der Waals surface area contributed by atoms with Gasteiger partial charge in [0.25, 0.3) is 0 Å². The average molecular weight is 321 g/mol. The first kappa shape index (κ1) is 19.7. The van der Waals surface area contributed by atoms with Crippen LogP contribution in [0.3, 0.4) is 0 Å². The highest BCUT2D eigenvalue weighted by atomic mass is 31.2. The highest BCUT2D eigenvalue weighted by molar-refractivity contribution is 7.86. The lowest BCUT2D eigenvalue weighted by Crippen LogP contribution is -2.38. The van der Waals surface area contributed by atoms with E-state index in [2.05, 4.69) is 87.4 Å². The predicted octanol–water partition coefficient (Wildman–Crippen LogP) is 6.96. The minimum atomic E-state index is -1.57. The molecule has 0 nitrogen and oxygen atoms in total. The quantitative estimate of drug-likeness (QED) is 0.417. The van der Waals surface area contributed by atoms with Crippen molar-refractivity contribution in [2.45, 2.75) is 91.4 Å². The Morgan fingerprint density at radius 3 is 1.27 bits per heavy atom. The molecule has 1 aromatic carbocycles. The van der Waals surface area contributed by atoms with Crippen molar-refractivity contribution >= 4 is 12.6 Å². The fourth-order valence-electron chi connectivity index (χ4n) is 3.33. The molecule has 1 rings (SSSR count). The molecule has 1 aromatic rings. The largest absolute Gasteiger partial charge is 0.174 e. The van der Waals surface area contributed by atoms with Gasteiger partial charge in [0.2, 0.25) is 0 Å². The van der Waals surface area contributed by atoms with Gasteiger partial charge in [-0.05, 0) is 76.6 Å². The van der Waals surface area contributed by atoms with Crippen LogP contribution < -0.4 is 5.30 Å². The molecule has 0 aliphatic rings. The third kappa shape index (κ3) is 3.59.